The van der Waals surface area contributed by atoms with Gasteiger partial charge >= 0.3 is 5.97 Å². The highest BCUT2D eigenvalue weighted by molar-refractivity contribution is 5.78. The molecule has 1 aromatic rings. The standard InChI is InChI=1S/C15H21NO3/c1-10-5-4-6-11(2)13(10)19-9-15(3,14(17)18)16-12-7-8-12/h4-6,12,16H,7-9H2,1-3H3,(H,17,18). The van der Waals surface area contributed by atoms with Crippen LogP contribution in [0.25, 0.3) is 0 Å². The second-order valence-electron chi connectivity index (χ2n) is 5.57. The maximum Gasteiger partial charge on any atom is 0.327 e. The summed E-state index contributed by atoms with van der Waals surface area (Å²) < 4.78 is 5.78. The van der Waals surface area contributed by atoms with Crippen molar-refractivity contribution in [2.24, 2.45) is 0 Å². The van der Waals surface area contributed by atoms with Crippen LogP contribution in [0.1, 0.15) is 30.9 Å². The Hall–Kier alpha value is -1.55. The maximum absolute atomic E-state index is 11.4. The van der Waals surface area contributed by atoms with Gasteiger partial charge in [-0.2, -0.15) is 0 Å². The minimum Gasteiger partial charge on any atom is -0.490 e. The van der Waals surface area contributed by atoms with Crippen molar-refractivity contribution in [3.05, 3.63) is 29.3 Å². The molecule has 1 aliphatic rings. The van der Waals surface area contributed by atoms with Crippen molar-refractivity contribution < 1.29 is 14.6 Å². The predicted molar refractivity (Wildman–Crippen MR) is 73.6 cm³/mol. The van der Waals surface area contributed by atoms with Crippen molar-refractivity contribution in [2.75, 3.05) is 6.61 Å². The minimum absolute atomic E-state index is 0.129. The first kappa shape index (κ1) is 13.9. The number of para-hydroxylation sites is 1. The average molecular weight is 263 g/mol. The minimum atomic E-state index is -1.03. The van der Waals surface area contributed by atoms with Gasteiger partial charge in [0.1, 0.15) is 17.9 Å². The van der Waals surface area contributed by atoms with E-state index in [1.165, 1.54) is 0 Å². The first-order valence-corrected chi connectivity index (χ1v) is 6.62. The van der Waals surface area contributed by atoms with Crippen molar-refractivity contribution in [1.29, 1.82) is 0 Å². The first-order valence-electron chi connectivity index (χ1n) is 6.62. The lowest BCUT2D eigenvalue weighted by Crippen LogP contribution is -2.54. The number of rotatable bonds is 6. The van der Waals surface area contributed by atoms with Gasteiger partial charge in [-0.25, -0.2) is 0 Å². The van der Waals surface area contributed by atoms with E-state index < -0.39 is 11.5 Å². The molecular formula is C15H21NO3. The van der Waals surface area contributed by atoms with Crippen LogP contribution in [0.15, 0.2) is 18.2 Å². The molecule has 2 rings (SSSR count). The lowest BCUT2D eigenvalue weighted by atomic mass is 10.0. The van der Waals surface area contributed by atoms with Gasteiger partial charge in [-0.3, -0.25) is 10.1 Å². The molecule has 0 radical (unpaired) electrons. The van der Waals surface area contributed by atoms with E-state index in [1.54, 1.807) is 6.92 Å². The van der Waals surface area contributed by atoms with Gasteiger partial charge in [0.25, 0.3) is 0 Å². The van der Waals surface area contributed by atoms with E-state index in [4.69, 9.17) is 4.74 Å². The first-order chi connectivity index (χ1) is 8.92. The van der Waals surface area contributed by atoms with Crippen molar-refractivity contribution in [3.63, 3.8) is 0 Å². The summed E-state index contributed by atoms with van der Waals surface area (Å²) in [6, 6.07) is 6.22. The Kier molecular flexibility index (Phi) is 3.80. The SMILES string of the molecule is Cc1cccc(C)c1OCC(C)(NC1CC1)C(=O)O. The molecule has 1 aromatic carbocycles. The second-order valence-corrected chi connectivity index (χ2v) is 5.57. The molecule has 4 nitrogen and oxygen atoms in total. The zero-order valence-electron chi connectivity index (χ0n) is 11.7. The van der Waals surface area contributed by atoms with Gasteiger partial charge in [0.05, 0.1) is 0 Å². The molecular weight excluding hydrogens is 242 g/mol. The molecule has 0 heterocycles. The highest BCUT2D eigenvalue weighted by Crippen LogP contribution is 2.26. The number of benzene rings is 1. The second kappa shape index (κ2) is 5.21. The monoisotopic (exact) mass is 263 g/mol. The van der Waals surface area contributed by atoms with Crippen LogP contribution in [0.5, 0.6) is 5.75 Å². The Labute approximate surface area is 113 Å². The van der Waals surface area contributed by atoms with Crippen molar-refractivity contribution in [1.82, 2.24) is 5.32 Å². The molecule has 1 aliphatic carbocycles. The molecule has 1 atom stereocenters. The lowest BCUT2D eigenvalue weighted by molar-refractivity contribution is -0.145. The average Bonchev–Trinajstić information content (AvgIpc) is 3.12. The van der Waals surface area contributed by atoms with Gasteiger partial charge < -0.3 is 9.84 Å². The van der Waals surface area contributed by atoms with Crippen LogP contribution in [0.2, 0.25) is 0 Å². The number of aliphatic carboxylic acids is 1. The Morgan fingerprint density at radius 3 is 2.47 bits per heavy atom. The topological polar surface area (TPSA) is 58.6 Å². The van der Waals surface area contributed by atoms with Crippen molar-refractivity contribution >= 4 is 5.97 Å². The van der Waals surface area contributed by atoms with Gasteiger partial charge in [0.15, 0.2) is 0 Å². The smallest absolute Gasteiger partial charge is 0.327 e. The molecule has 1 fully saturated rings. The fourth-order valence-electron chi connectivity index (χ4n) is 2.09. The predicted octanol–water partition coefficient (Wildman–Crippen LogP) is 2.28. The van der Waals surface area contributed by atoms with E-state index in [9.17, 15) is 9.90 Å². The fourth-order valence-corrected chi connectivity index (χ4v) is 2.09. The fraction of sp³-hybridized carbons (Fsp3) is 0.533. The van der Waals surface area contributed by atoms with Crippen molar-refractivity contribution in [2.45, 2.75) is 45.2 Å². The molecule has 1 saturated carbocycles. The summed E-state index contributed by atoms with van der Waals surface area (Å²) in [5.74, 6) is -0.0850. The number of carboxylic acids is 1. The van der Waals surface area contributed by atoms with Gasteiger partial charge in [0, 0.05) is 6.04 Å². The zero-order chi connectivity index (χ0) is 14.0. The zero-order valence-corrected chi connectivity index (χ0v) is 11.7. The van der Waals surface area contributed by atoms with Gasteiger partial charge in [0.2, 0.25) is 0 Å². The molecule has 0 aromatic heterocycles. The number of aryl methyl sites for hydroxylation is 2. The Morgan fingerprint density at radius 2 is 2.00 bits per heavy atom. The molecule has 0 aliphatic heterocycles. The quantitative estimate of drug-likeness (QED) is 0.826. The largest absolute Gasteiger partial charge is 0.490 e. The Bertz CT molecular complexity index is 462. The van der Waals surface area contributed by atoms with Gasteiger partial charge in [-0.05, 0) is 44.7 Å². The Morgan fingerprint density at radius 1 is 1.42 bits per heavy atom. The van der Waals surface area contributed by atoms with E-state index in [-0.39, 0.29) is 6.61 Å². The molecule has 0 saturated heterocycles. The van der Waals surface area contributed by atoms with E-state index in [0.717, 1.165) is 29.7 Å². The molecule has 19 heavy (non-hydrogen) atoms. The number of carboxylic acid groups (broad SMARTS) is 1. The van der Waals surface area contributed by atoms with Gasteiger partial charge in [-0.15, -0.1) is 0 Å². The normalized spacial score (nSPS) is 17.8. The van der Waals surface area contributed by atoms with Crippen molar-refractivity contribution in [3.8, 4) is 5.75 Å². The van der Waals surface area contributed by atoms with E-state index in [0.29, 0.717) is 6.04 Å². The molecule has 1 unspecified atom stereocenters. The molecule has 104 valence electrons. The number of nitrogens with one attached hydrogen (secondary N) is 1. The number of hydrogen-bond donors (Lipinski definition) is 2. The molecule has 2 N–H and O–H groups in total. The highest BCUT2D eigenvalue weighted by atomic mass is 16.5. The van der Waals surface area contributed by atoms with Crippen LogP contribution in [0.4, 0.5) is 0 Å². The van der Waals surface area contributed by atoms with Crippen LogP contribution in [0, 0.1) is 13.8 Å². The maximum atomic E-state index is 11.4. The third kappa shape index (κ3) is 3.26. The molecule has 0 bridgehead atoms. The summed E-state index contributed by atoms with van der Waals surface area (Å²) in [6.07, 6.45) is 2.10. The number of hydrogen-bond acceptors (Lipinski definition) is 3. The summed E-state index contributed by atoms with van der Waals surface area (Å²) >= 11 is 0. The van der Waals surface area contributed by atoms with Crippen LogP contribution < -0.4 is 10.1 Å². The highest BCUT2D eigenvalue weighted by Gasteiger charge is 2.39. The Balaban J connectivity index is 2.08. The summed E-state index contributed by atoms with van der Waals surface area (Å²) in [5.41, 5.74) is 1.02. The molecule has 4 heteroatoms. The van der Waals surface area contributed by atoms with E-state index in [2.05, 4.69) is 5.32 Å². The summed E-state index contributed by atoms with van der Waals surface area (Å²) in [7, 11) is 0. The van der Waals surface area contributed by atoms with Crippen LogP contribution in [-0.4, -0.2) is 29.3 Å². The van der Waals surface area contributed by atoms with Crippen LogP contribution in [-0.2, 0) is 4.79 Å². The summed E-state index contributed by atoms with van der Waals surface area (Å²) in [6.45, 7) is 5.75. The lowest BCUT2D eigenvalue weighted by Gasteiger charge is -2.27. The molecule has 0 spiro atoms. The van der Waals surface area contributed by atoms with Gasteiger partial charge in [-0.1, -0.05) is 18.2 Å². The van der Waals surface area contributed by atoms with Crippen LogP contribution in [0.3, 0.4) is 0 Å². The number of carbonyl (C=O) groups is 1. The number of ether oxygens (including phenoxy) is 1. The van der Waals surface area contributed by atoms with E-state index in [1.807, 2.05) is 32.0 Å². The molecule has 0 amide bonds. The van der Waals surface area contributed by atoms with Crippen LogP contribution >= 0.6 is 0 Å². The third-order valence-electron chi connectivity index (χ3n) is 3.49. The summed E-state index contributed by atoms with van der Waals surface area (Å²) in [4.78, 5) is 11.4. The van der Waals surface area contributed by atoms with E-state index >= 15 is 0 Å². The third-order valence-corrected chi connectivity index (χ3v) is 3.49. The summed E-state index contributed by atoms with van der Waals surface area (Å²) in [5, 5.41) is 12.5.